The van der Waals surface area contributed by atoms with Gasteiger partial charge in [-0.15, -0.1) is 5.10 Å². The molecule has 0 radical (unpaired) electrons. The highest BCUT2D eigenvalue weighted by Crippen LogP contribution is 2.30. The molecule has 0 atom stereocenters. The SMILES string of the molecule is N#Cc1nn(-c2cccc(C(F)(F)F)c2)c(=O)n(C2CCCC2)c1=O. The second kappa shape index (κ2) is 6.20. The van der Waals surface area contributed by atoms with Crippen LogP contribution in [0.4, 0.5) is 13.2 Å². The molecule has 1 aromatic carbocycles. The maximum Gasteiger partial charge on any atom is 0.416 e. The summed E-state index contributed by atoms with van der Waals surface area (Å²) in [4.78, 5) is 25.0. The van der Waals surface area contributed by atoms with E-state index in [2.05, 4.69) is 5.10 Å². The van der Waals surface area contributed by atoms with Gasteiger partial charge in [0.15, 0.2) is 0 Å². The average Bonchev–Trinajstić information content (AvgIpc) is 3.09. The van der Waals surface area contributed by atoms with Gasteiger partial charge in [0.2, 0.25) is 5.69 Å². The van der Waals surface area contributed by atoms with Crippen molar-refractivity contribution in [3.8, 4) is 11.8 Å². The van der Waals surface area contributed by atoms with Gasteiger partial charge in [-0.3, -0.25) is 9.36 Å². The molecule has 1 heterocycles. The normalized spacial score (nSPS) is 15.3. The molecule has 9 heteroatoms. The standard InChI is InChI=1S/C16H13F3N4O2/c17-16(18,19)10-4-3-7-12(8-10)23-15(25)22(11-5-1-2-6-11)14(24)13(9-20)21-23/h3-4,7-8,11H,1-2,5-6H2. The van der Waals surface area contributed by atoms with Crippen LogP contribution < -0.4 is 11.2 Å². The molecule has 0 N–H and O–H groups in total. The molecule has 0 unspecified atom stereocenters. The number of aromatic nitrogens is 3. The fraction of sp³-hybridized carbons (Fsp3) is 0.375. The summed E-state index contributed by atoms with van der Waals surface area (Å²) in [7, 11) is 0. The maximum atomic E-state index is 12.9. The number of rotatable bonds is 2. The van der Waals surface area contributed by atoms with Crippen LogP contribution in [0.15, 0.2) is 33.9 Å². The van der Waals surface area contributed by atoms with Gasteiger partial charge in [-0.2, -0.15) is 23.1 Å². The van der Waals surface area contributed by atoms with Crippen LogP contribution in [0.2, 0.25) is 0 Å². The summed E-state index contributed by atoms with van der Waals surface area (Å²) in [5.41, 5.74) is -3.26. The summed E-state index contributed by atoms with van der Waals surface area (Å²) < 4.78 is 40.3. The molecule has 1 fully saturated rings. The minimum Gasteiger partial charge on any atom is -0.266 e. The summed E-state index contributed by atoms with van der Waals surface area (Å²) in [6.07, 6.45) is -1.70. The van der Waals surface area contributed by atoms with Gasteiger partial charge in [0.1, 0.15) is 6.07 Å². The lowest BCUT2D eigenvalue weighted by molar-refractivity contribution is -0.137. The van der Waals surface area contributed by atoms with Gasteiger partial charge in [-0.25, -0.2) is 4.79 Å². The van der Waals surface area contributed by atoms with Gasteiger partial charge >= 0.3 is 11.9 Å². The first-order valence-electron chi connectivity index (χ1n) is 7.66. The Morgan fingerprint density at radius 2 is 1.88 bits per heavy atom. The van der Waals surface area contributed by atoms with Crippen LogP contribution in [0.5, 0.6) is 0 Å². The molecule has 25 heavy (non-hydrogen) atoms. The Kier molecular flexibility index (Phi) is 4.20. The molecule has 0 spiro atoms. The summed E-state index contributed by atoms with van der Waals surface area (Å²) in [6.45, 7) is 0. The van der Waals surface area contributed by atoms with Crippen molar-refractivity contribution >= 4 is 0 Å². The second-order valence-electron chi connectivity index (χ2n) is 5.82. The number of nitrogens with zero attached hydrogens (tertiary/aromatic N) is 4. The summed E-state index contributed by atoms with van der Waals surface area (Å²) in [5.74, 6) is 0. The molecular formula is C16H13F3N4O2. The molecule has 6 nitrogen and oxygen atoms in total. The van der Waals surface area contributed by atoms with Gasteiger partial charge in [0.25, 0.3) is 5.56 Å². The third-order valence-corrected chi connectivity index (χ3v) is 4.22. The van der Waals surface area contributed by atoms with Crippen LogP contribution in [0.1, 0.15) is 43.0 Å². The highest BCUT2D eigenvalue weighted by atomic mass is 19.4. The van der Waals surface area contributed by atoms with Crippen molar-refractivity contribution in [1.29, 1.82) is 5.26 Å². The largest absolute Gasteiger partial charge is 0.416 e. The molecule has 0 amide bonds. The van der Waals surface area contributed by atoms with Crippen molar-refractivity contribution < 1.29 is 13.2 Å². The van der Waals surface area contributed by atoms with Crippen LogP contribution in [0, 0.1) is 11.3 Å². The van der Waals surface area contributed by atoms with Crippen molar-refractivity contribution in [2.24, 2.45) is 0 Å². The lowest BCUT2D eigenvalue weighted by Crippen LogP contribution is -2.44. The predicted molar refractivity (Wildman–Crippen MR) is 81.3 cm³/mol. The van der Waals surface area contributed by atoms with E-state index in [0.717, 1.165) is 35.6 Å². The molecule has 0 saturated heterocycles. The monoisotopic (exact) mass is 350 g/mol. The Bertz CT molecular complexity index is 963. The van der Waals surface area contributed by atoms with Crippen molar-refractivity contribution in [2.45, 2.75) is 37.9 Å². The number of nitriles is 1. The lowest BCUT2D eigenvalue weighted by Gasteiger charge is -2.15. The molecule has 1 saturated carbocycles. The molecule has 1 aliphatic carbocycles. The van der Waals surface area contributed by atoms with E-state index in [1.54, 1.807) is 6.07 Å². The molecular weight excluding hydrogens is 337 g/mol. The molecule has 130 valence electrons. The van der Waals surface area contributed by atoms with Crippen molar-refractivity contribution in [3.63, 3.8) is 0 Å². The summed E-state index contributed by atoms with van der Waals surface area (Å²) in [6, 6.07) is 5.29. The third kappa shape index (κ3) is 3.07. The Balaban J connectivity index is 2.24. The minimum atomic E-state index is -4.59. The quantitative estimate of drug-likeness (QED) is 0.833. The number of benzene rings is 1. The maximum absolute atomic E-state index is 12.9. The second-order valence-corrected chi connectivity index (χ2v) is 5.82. The Labute approximate surface area is 139 Å². The number of alkyl halides is 3. The van der Waals surface area contributed by atoms with E-state index in [1.165, 1.54) is 6.07 Å². The van der Waals surface area contributed by atoms with Crippen molar-refractivity contribution in [3.05, 3.63) is 56.4 Å². The molecule has 0 aliphatic heterocycles. The first kappa shape index (κ1) is 17.0. The lowest BCUT2D eigenvalue weighted by atomic mass is 10.2. The zero-order chi connectivity index (χ0) is 18.2. The third-order valence-electron chi connectivity index (χ3n) is 4.22. The Hall–Kier alpha value is -2.89. The topological polar surface area (TPSA) is 80.7 Å². The van der Waals surface area contributed by atoms with Crippen LogP contribution in [-0.4, -0.2) is 14.3 Å². The van der Waals surface area contributed by atoms with Gasteiger partial charge < -0.3 is 0 Å². The predicted octanol–water partition coefficient (Wildman–Crippen LogP) is 2.40. The Morgan fingerprint density at radius 1 is 1.20 bits per heavy atom. The van der Waals surface area contributed by atoms with E-state index < -0.39 is 28.7 Å². The van der Waals surface area contributed by atoms with Crippen LogP contribution in [0.3, 0.4) is 0 Å². The summed E-state index contributed by atoms with van der Waals surface area (Å²) >= 11 is 0. The highest BCUT2D eigenvalue weighted by Gasteiger charge is 2.31. The highest BCUT2D eigenvalue weighted by molar-refractivity contribution is 5.36. The smallest absolute Gasteiger partial charge is 0.266 e. The van der Waals surface area contributed by atoms with Gasteiger partial charge in [-0.05, 0) is 31.0 Å². The zero-order valence-corrected chi connectivity index (χ0v) is 13.0. The van der Waals surface area contributed by atoms with Crippen molar-refractivity contribution in [1.82, 2.24) is 14.3 Å². The van der Waals surface area contributed by atoms with Gasteiger partial charge in [0.05, 0.1) is 11.3 Å². The summed E-state index contributed by atoms with van der Waals surface area (Å²) in [5, 5.41) is 12.8. The first-order chi connectivity index (χ1) is 11.8. The molecule has 2 aromatic rings. The first-order valence-corrected chi connectivity index (χ1v) is 7.66. The van der Waals surface area contributed by atoms with Crippen LogP contribution in [-0.2, 0) is 6.18 Å². The molecule has 1 aliphatic rings. The number of halogens is 3. The van der Waals surface area contributed by atoms with E-state index in [0.29, 0.717) is 17.5 Å². The zero-order valence-electron chi connectivity index (χ0n) is 13.0. The van der Waals surface area contributed by atoms with Crippen molar-refractivity contribution in [2.75, 3.05) is 0 Å². The van der Waals surface area contributed by atoms with E-state index in [1.807, 2.05) is 0 Å². The number of hydrogen-bond donors (Lipinski definition) is 0. The molecule has 0 bridgehead atoms. The van der Waals surface area contributed by atoms with Gasteiger partial charge in [0, 0.05) is 6.04 Å². The van der Waals surface area contributed by atoms with E-state index in [-0.39, 0.29) is 11.7 Å². The van der Waals surface area contributed by atoms with E-state index in [9.17, 15) is 22.8 Å². The number of hydrogen-bond acceptors (Lipinski definition) is 4. The average molecular weight is 350 g/mol. The fourth-order valence-electron chi connectivity index (χ4n) is 3.03. The molecule has 1 aromatic heterocycles. The fourth-order valence-corrected chi connectivity index (χ4v) is 3.03. The van der Waals surface area contributed by atoms with Gasteiger partial charge in [-0.1, -0.05) is 18.9 Å². The van der Waals surface area contributed by atoms with Crippen LogP contribution in [0.25, 0.3) is 5.69 Å². The minimum absolute atomic E-state index is 0.150. The van der Waals surface area contributed by atoms with E-state index in [4.69, 9.17) is 5.26 Å². The van der Waals surface area contributed by atoms with Crippen LogP contribution >= 0.6 is 0 Å². The Morgan fingerprint density at radius 3 is 2.48 bits per heavy atom. The van der Waals surface area contributed by atoms with E-state index >= 15 is 0 Å². The molecule has 3 rings (SSSR count).